The molecule has 0 unspecified atom stereocenters. The minimum Gasteiger partial charge on any atom is -0.368 e. The SMILES string of the molecule is O=C(NCc1ccncc1)N1CCN(c2ccc(Cl)cc2)CC1. The van der Waals surface area contributed by atoms with E-state index < -0.39 is 0 Å². The lowest BCUT2D eigenvalue weighted by Gasteiger charge is -2.36. The first-order chi connectivity index (χ1) is 11.2. The van der Waals surface area contributed by atoms with Crippen LogP contribution in [0.4, 0.5) is 10.5 Å². The molecule has 23 heavy (non-hydrogen) atoms. The number of halogens is 1. The van der Waals surface area contributed by atoms with E-state index in [4.69, 9.17) is 11.6 Å². The molecule has 1 saturated heterocycles. The first-order valence-corrected chi connectivity index (χ1v) is 8.02. The molecule has 0 saturated carbocycles. The minimum absolute atomic E-state index is 0.0161. The van der Waals surface area contributed by atoms with Crippen molar-refractivity contribution in [1.82, 2.24) is 15.2 Å². The highest BCUT2D eigenvalue weighted by Crippen LogP contribution is 2.19. The summed E-state index contributed by atoms with van der Waals surface area (Å²) < 4.78 is 0. The number of benzene rings is 1. The van der Waals surface area contributed by atoms with Crippen molar-refractivity contribution in [3.05, 3.63) is 59.4 Å². The van der Waals surface area contributed by atoms with Gasteiger partial charge in [0.15, 0.2) is 0 Å². The van der Waals surface area contributed by atoms with E-state index in [-0.39, 0.29) is 6.03 Å². The monoisotopic (exact) mass is 330 g/mol. The molecular formula is C17H19ClN4O. The molecule has 1 aromatic heterocycles. The molecule has 2 heterocycles. The van der Waals surface area contributed by atoms with Crippen LogP contribution in [0.5, 0.6) is 0 Å². The van der Waals surface area contributed by atoms with Crippen molar-refractivity contribution in [3.8, 4) is 0 Å². The van der Waals surface area contributed by atoms with Crippen LogP contribution in [0.1, 0.15) is 5.56 Å². The van der Waals surface area contributed by atoms with E-state index in [9.17, 15) is 4.79 Å². The minimum atomic E-state index is -0.0161. The Labute approximate surface area is 140 Å². The number of carbonyl (C=O) groups is 1. The highest BCUT2D eigenvalue weighted by molar-refractivity contribution is 6.30. The predicted octanol–water partition coefficient (Wildman–Crippen LogP) is 2.77. The molecule has 1 aliphatic heterocycles. The van der Waals surface area contributed by atoms with Gasteiger partial charge in [-0.3, -0.25) is 4.98 Å². The molecule has 1 N–H and O–H groups in total. The van der Waals surface area contributed by atoms with Crippen LogP contribution in [0, 0.1) is 0 Å². The smallest absolute Gasteiger partial charge is 0.317 e. The van der Waals surface area contributed by atoms with Gasteiger partial charge in [0.2, 0.25) is 0 Å². The number of nitrogens with zero attached hydrogens (tertiary/aromatic N) is 3. The van der Waals surface area contributed by atoms with Crippen LogP contribution in [-0.2, 0) is 6.54 Å². The van der Waals surface area contributed by atoms with Gasteiger partial charge in [0.05, 0.1) is 0 Å². The van der Waals surface area contributed by atoms with E-state index in [0.717, 1.165) is 29.4 Å². The van der Waals surface area contributed by atoms with Crippen LogP contribution in [0.2, 0.25) is 5.02 Å². The average Bonchev–Trinajstić information content (AvgIpc) is 2.61. The molecule has 0 radical (unpaired) electrons. The summed E-state index contributed by atoms with van der Waals surface area (Å²) in [6.07, 6.45) is 3.46. The maximum absolute atomic E-state index is 12.2. The Kier molecular flexibility index (Phi) is 4.98. The van der Waals surface area contributed by atoms with Crippen LogP contribution in [0.25, 0.3) is 0 Å². The summed E-state index contributed by atoms with van der Waals surface area (Å²) >= 11 is 5.92. The molecule has 1 aliphatic rings. The molecular weight excluding hydrogens is 312 g/mol. The van der Waals surface area contributed by atoms with Crippen molar-refractivity contribution >= 4 is 23.3 Å². The zero-order chi connectivity index (χ0) is 16.1. The standard InChI is InChI=1S/C17H19ClN4O/c18-15-1-3-16(4-2-15)21-9-11-22(12-10-21)17(23)20-13-14-5-7-19-8-6-14/h1-8H,9-13H2,(H,20,23). The average molecular weight is 331 g/mol. The Morgan fingerprint density at radius 2 is 1.70 bits per heavy atom. The van der Waals surface area contributed by atoms with E-state index in [1.807, 2.05) is 41.3 Å². The molecule has 6 heteroatoms. The molecule has 2 amide bonds. The fraction of sp³-hybridized carbons (Fsp3) is 0.294. The molecule has 0 atom stereocenters. The zero-order valence-electron chi connectivity index (χ0n) is 12.8. The lowest BCUT2D eigenvalue weighted by molar-refractivity contribution is 0.194. The Hall–Kier alpha value is -2.27. The lowest BCUT2D eigenvalue weighted by Crippen LogP contribution is -2.51. The van der Waals surface area contributed by atoms with Crippen molar-refractivity contribution in [2.45, 2.75) is 6.54 Å². The molecule has 3 rings (SSSR count). The van der Waals surface area contributed by atoms with E-state index in [1.54, 1.807) is 12.4 Å². The summed E-state index contributed by atoms with van der Waals surface area (Å²) in [5, 5.41) is 3.69. The van der Waals surface area contributed by atoms with Gasteiger partial charge in [-0.15, -0.1) is 0 Å². The summed E-state index contributed by atoms with van der Waals surface area (Å²) in [5.41, 5.74) is 2.19. The van der Waals surface area contributed by atoms with Crippen molar-refractivity contribution in [2.24, 2.45) is 0 Å². The van der Waals surface area contributed by atoms with Crippen LogP contribution in [-0.4, -0.2) is 42.1 Å². The second-order valence-electron chi connectivity index (χ2n) is 5.46. The van der Waals surface area contributed by atoms with Gasteiger partial charge in [-0.2, -0.15) is 0 Å². The fourth-order valence-corrected chi connectivity index (χ4v) is 2.74. The first kappa shape index (κ1) is 15.6. The summed E-state index contributed by atoms with van der Waals surface area (Å²) in [4.78, 5) is 20.3. The Balaban J connectivity index is 1.48. The van der Waals surface area contributed by atoms with Crippen molar-refractivity contribution in [1.29, 1.82) is 0 Å². The number of piperazine rings is 1. The largest absolute Gasteiger partial charge is 0.368 e. The van der Waals surface area contributed by atoms with Gasteiger partial charge < -0.3 is 15.1 Å². The number of carbonyl (C=O) groups excluding carboxylic acids is 1. The number of hydrogen-bond acceptors (Lipinski definition) is 3. The van der Waals surface area contributed by atoms with Gasteiger partial charge in [0, 0.05) is 55.8 Å². The topological polar surface area (TPSA) is 48.5 Å². The van der Waals surface area contributed by atoms with Crippen LogP contribution < -0.4 is 10.2 Å². The lowest BCUT2D eigenvalue weighted by atomic mass is 10.2. The van der Waals surface area contributed by atoms with E-state index in [1.165, 1.54) is 0 Å². The van der Waals surface area contributed by atoms with Gasteiger partial charge in [-0.25, -0.2) is 4.79 Å². The predicted molar refractivity (Wildman–Crippen MR) is 91.7 cm³/mol. The number of urea groups is 1. The van der Waals surface area contributed by atoms with E-state index in [0.29, 0.717) is 19.6 Å². The third-order valence-electron chi connectivity index (χ3n) is 3.95. The highest BCUT2D eigenvalue weighted by Gasteiger charge is 2.20. The van der Waals surface area contributed by atoms with Crippen molar-refractivity contribution in [2.75, 3.05) is 31.1 Å². The maximum atomic E-state index is 12.2. The van der Waals surface area contributed by atoms with Gasteiger partial charge in [-0.05, 0) is 42.0 Å². The van der Waals surface area contributed by atoms with Crippen molar-refractivity contribution in [3.63, 3.8) is 0 Å². The number of anilines is 1. The second-order valence-corrected chi connectivity index (χ2v) is 5.90. The zero-order valence-corrected chi connectivity index (χ0v) is 13.5. The molecule has 120 valence electrons. The third kappa shape index (κ3) is 4.13. The number of pyridine rings is 1. The van der Waals surface area contributed by atoms with Crippen molar-refractivity contribution < 1.29 is 4.79 Å². The summed E-state index contributed by atoms with van der Waals surface area (Å²) in [6.45, 7) is 3.60. The van der Waals surface area contributed by atoms with E-state index in [2.05, 4.69) is 15.2 Å². The normalized spacial score (nSPS) is 14.7. The fourth-order valence-electron chi connectivity index (χ4n) is 2.61. The molecule has 5 nitrogen and oxygen atoms in total. The highest BCUT2D eigenvalue weighted by atomic mass is 35.5. The maximum Gasteiger partial charge on any atom is 0.317 e. The number of amides is 2. The summed E-state index contributed by atoms with van der Waals surface area (Å²) in [5.74, 6) is 0. The Morgan fingerprint density at radius 1 is 1.04 bits per heavy atom. The molecule has 0 bridgehead atoms. The molecule has 1 aromatic carbocycles. The third-order valence-corrected chi connectivity index (χ3v) is 4.20. The number of hydrogen-bond donors (Lipinski definition) is 1. The quantitative estimate of drug-likeness (QED) is 0.941. The van der Waals surface area contributed by atoms with Crippen LogP contribution in [0.15, 0.2) is 48.8 Å². The Bertz CT molecular complexity index is 639. The summed E-state index contributed by atoms with van der Waals surface area (Å²) in [7, 11) is 0. The number of aromatic nitrogens is 1. The molecule has 0 spiro atoms. The van der Waals surface area contributed by atoms with Gasteiger partial charge in [0.1, 0.15) is 0 Å². The van der Waals surface area contributed by atoms with E-state index >= 15 is 0 Å². The second kappa shape index (κ2) is 7.33. The van der Waals surface area contributed by atoms with Gasteiger partial charge >= 0.3 is 6.03 Å². The summed E-state index contributed by atoms with van der Waals surface area (Å²) in [6, 6.07) is 11.6. The van der Waals surface area contributed by atoms with Crippen LogP contribution >= 0.6 is 11.6 Å². The van der Waals surface area contributed by atoms with Gasteiger partial charge in [-0.1, -0.05) is 11.6 Å². The molecule has 2 aromatic rings. The van der Waals surface area contributed by atoms with Gasteiger partial charge in [0.25, 0.3) is 0 Å². The van der Waals surface area contributed by atoms with Crippen LogP contribution in [0.3, 0.4) is 0 Å². The Morgan fingerprint density at radius 3 is 2.35 bits per heavy atom. The molecule has 1 fully saturated rings. The number of rotatable bonds is 3. The molecule has 0 aliphatic carbocycles. The first-order valence-electron chi connectivity index (χ1n) is 7.64. The number of nitrogens with one attached hydrogen (secondary N) is 1.